The Morgan fingerprint density at radius 1 is 1.29 bits per heavy atom. The standard InChI is InChI=1S/C13H25N3O/c1-2-16-9-4-5-11(7-10-16)15-12-6-3-8-14-13(12)17/h11-12,15H,2-10H2,1H3,(H,14,17). The number of piperidine rings is 1. The number of carbonyl (C=O) groups excluding carboxylic acids is 1. The van der Waals surface area contributed by atoms with E-state index in [1.807, 2.05) is 0 Å². The van der Waals surface area contributed by atoms with Gasteiger partial charge in [0.05, 0.1) is 6.04 Å². The minimum absolute atomic E-state index is 0.0573. The lowest BCUT2D eigenvalue weighted by atomic mass is 10.0. The second-order valence-electron chi connectivity index (χ2n) is 5.21. The van der Waals surface area contributed by atoms with Crippen molar-refractivity contribution in [1.29, 1.82) is 0 Å². The molecule has 2 unspecified atom stereocenters. The van der Waals surface area contributed by atoms with Gasteiger partial charge in [0.2, 0.25) is 5.91 Å². The smallest absolute Gasteiger partial charge is 0.237 e. The molecular weight excluding hydrogens is 214 g/mol. The van der Waals surface area contributed by atoms with Crippen molar-refractivity contribution in [3.05, 3.63) is 0 Å². The first-order chi connectivity index (χ1) is 8.29. The molecule has 2 aliphatic rings. The van der Waals surface area contributed by atoms with Crippen molar-refractivity contribution in [2.75, 3.05) is 26.2 Å². The fraction of sp³-hybridized carbons (Fsp3) is 0.923. The summed E-state index contributed by atoms with van der Waals surface area (Å²) >= 11 is 0. The molecular formula is C13H25N3O. The average Bonchev–Trinajstić information content (AvgIpc) is 2.57. The maximum absolute atomic E-state index is 11.7. The molecule has 98 valence electrons. The van der Waals surface area contributed by atoms with Crippen molar-refractivity contribution in [3.8, 4) is 0 Å². The van der Waals surface area contributed by atoms with Gasteiger partial charge in [-0.05, 0) is 51.7 Å². The molecule has 0 aromatic carbocycles. The summed E-state index contributed by atoms with van der Waals surface area (Å²) in [6.07, 6.45) is 5.74. The molecule has 0 saturated carbocycles. The highest BCUT2D eigenvalue weighted by atomic mass is 16.2. The maximum atomic E-state index is 11.7. The van der Waals surface area contributed by atoms with Gasteiger partial charge in [0, 0.05) is 12.6 Å². The second-order valence-corrected chi connectivity index (χ2v) is 5.21. The number of hydrogen-bond donors (Lipinski definition) is 2. The predicted molar refractivity (Wildman–Crippen MR) is 68.9 cm³/mol. The molecule has 0 radical (unpaired) electrons. The first-order valence-corrected chi connectivity index (χ1v) is 7.05. The van der Waals surface area contributed by atoms with Gasteiger partial charge in [0.15, 0.2) is 0 Å². The van der Waals surface area contributed by atoms with E-state index in [1.54, 1.807) is 0 Å². The summed E-state index contributed by atoms with van der Waals surface area (Å²) in [5.41, 5.74) is 0. The van der Waals surface area contributed by atoms with Gasteiger partial charge >= 0.3 is 0 Å². The zero-order chi connectivity index (χ0) is 12.1. The Hall–Kier alpha value is -0.610. The molecule has 2 saturated heterocycles. The Balaban J connectivity index is 1.80. The fourth-order valence-corrected chi connectivity index (χ4v) is 2.85. The molecule has 4 heteroatoms. The van der Waals surface area contributed by atoms with Crippen LogP contribution in [0.15, 0.2) is 0 Å². The number of likely N-dealkylation sites (tertiary alicyclic amines) is 1. The van der Waals surface area contributed by atoms with Crippen LogP contribution in [-0.2, 0) is 4.79 Å². The number of rotatable bonds is 3. The van der Waals surface area contributed by atoms with Crippen LogP contribution in [0.25, 0.3) is 0 Å². The zero-order valence-corrected chi connectivity index (χ0v) is 10.9. The van der Waals surface area contributed by atoms with Gasteiger partial charge in [-0.2, -0.15) is 0 Å². The van der Waals surface area contributed by atoms with Crippen LogP contribution in [-0.4, -0.2) is 49.1 Å². The largest absolute Gasteiger partial charge is 0.355 e. The van der Waals surface area contributed by atoms with Crippen molar-refractivity contribution in [1.82, 2.24) is 15.5 Å². The molecule has 4 nitrogen and oxygen atoms in total. The first kappa shape index (κ1) is 12.8. The molecule has 2 aliphatic heterocycles. The average molecular weight is 239 g/mol. The minimum Gasteiger partial charge on any atom is -0.355 e. The third-order valence-corrected chi connectivity index (χ3v) is 3.99. The molecule has 0 aromatic heterocycles. The van der Waals surface area contributed by atoms with Gasteiger partial charge in [0.25, 0.3) is 0 Å². The van der Waals surface area contributed by atoms with Crippen LogP contribution in [0.5, 0.6) is 0 Å². The highest BCUT2D eigenvalue weighted by molar-refractivity contribution is 5.82. The van der Waals surface area contributed by atoms with Crippen molar-refractivity contribution in [3.63, 3.8) is 0 Å². The highest BCUT2D eigenvalue weighted by Gasteiger charge is 2.25. The van der Waals surface area contributed by atoms with Crippen LogP contribution in [0, 0.1) is 0 Å². The molecule has 17 heavy (non-hydrogen) atoms. The second kappa shape index (κ2) is 6.36. The Morgan fingerprint density at radius 3 is 2.94 bits per heavy atom. The molecule has 2 fully saturated rings. The van der Waals surface area contributed by atoms with E-state index in [0.717, 1.165) is 25.9 Å². The summed E-state index contributed by atoms with van der Waals surface area (Å²) in [4.78, 5) is 14.2. The van der Waals surface area contributed by atoms with E-state index in [2.05, 4.69) is 22.5 Å². The monoisotopic (exact) mass is 239 g/mol. The van der Waals surface area contributed by atoms with Crippen molar-refractivity contribution >= 4 is 5.91 Å². The number of hydrogen-bond acceptors (Lipinski definition) is 3. The molecule has 2 N–H and O–H groups in total. The van der Waals surface area contributed by atoms with Crippen molar-refractivity contribution in [2.45, 2.75) is 51.1 Å². The summed E-state index contributed by atoms with van der Waals surface area (Å²) in [7, 11) is 0. The van der Waals surface area contributed by atoms with Crippen LogP contribution in [0.3, 0.4) is 0 Å². The quantitative estimate of drug-likeness (QED) is 0.763. The molecule has 2 heterocycles. The minimum atomic E-state index is 0.0573. The lowest BCUT2D eigenvalue weighted by Gasteiger charge is -2.27. The van der Waals surface area contributed by atoms with Crippen LogP contribution < -0.4 is 10.6 Å². The van der Waals surface area contributed by atoms with Crippen LogP contribution >= 0.6 is 0 Å². The predicted octanol–water partition coefficient (Wildman–Crippen LogP) is 0.729. The van der Waals surface area contributed by atoms with E-state index in [-0.39, 0.29) is 11.9 Å². The summed E-state index contributed by atoms with van der Waals surface area (Å²) in [6.45, 7) is 6.61. The number of nitrogens with zero attached hydrogens (tertiary/aromatic N) is 1. The normalized spacial score (nSPS) is 31.9. The molecule has 0 aliphatic carbocycles. The van der Waals surface area contributed by atoms with Gasteiger partial charge in [-0.3, -0.25) is 4.79 Å². The zero-order valence-electron chi connectivity index (χ0n) is 10.9. The van der Waals surface area contributed by atoms with Gasteiger partial charge < -0.3 is 15.5 Å². The van der Waals surface area contributed by atoms with Crippen LogP contribution in [0.2, 0.25) is 0 Å². The SMILES string of the molecule is CCN1CCCC(NC2CCCNC2=O)CC1. The van der Waals surface area contributed by atoms with E-state index < -0.39 is 0 Å². The third-order valence-electron chi connectivity index (χ3n) is 3.99. The molecule has 1 amide bonds. The Bertz CT molecular complexity index is 257. The van der Waals surface area contributed by atoms with E-state index in [0.29, 0.717) is 6.04 Å². The maximum Gasteiger partial charge on any atom is 0.237 e. The Kier molecular flexibility index (Phi) is 4.80. The first-order valence-electron chi connectivity index (χ1n) is 7.05. The van der Waals surface area contributed by atoms with E-state index in [9.17, 15) is 4.79 Å². The molecule has 0 spiro atoms. The van der Waals surface area contributed by atoms with Gasteiger partial charge in [-0.1, -0.05) is 6.92 Å². The van der Waals surface area contributed by atoms with Crippen LogP contribution in [0.1, 0.15) is 39.0 Å². The van der Waals surface area contributed by atoms with E-state index in [4.69, 9.17) is 0 Å². The summed E-state index contributed by atoms with van der Waals surface area (Å²) < 4.78 is 0. The molecule has 2 atom stereocenters. The number of carbonyl (C=O) groups is 1. The highest BCUT2D eigenvalue weighted by Crippen LogP contribution is 2.13. The van der Waals surface area contributed by atoms with Crippen LogP contribution in [0.4, 0.5) is 0 Å². The van der Waals surface area contributed by atoms with Crippen molar-refractivity contribution < 1.29 is 4.79 Å². The number of amides is 1. The molecule has 0 aromatic rings. The van der Waals surface area contributed by atoms with Crippen molar-refractivity contribution in [2.24, 2.45) is 0 Å². The molecule has 2 rings (SSSR count). The topological polar surface area (TPSA) is 44.4 Å². The lowest BCUT2D eigenvalue weighted by Crippen LogP contribution is -2.51. The Morgan fingerprint density at radius 2 is 2.18 bits per heavy atom. The summed E-state index contributed by atoms with van der Waals surface area (Å²) in [6, 6.07) is 0.585. The number of nitrogens with one attached hydrogen (secondary N) is 2. The van der Waals surface area contributed by atoms with Gasteiger partial charge in [-0.15, -0.1) is 0 Å². The summed E-state index contributed by atoms with van der Waals surface area (Å²) in [5, 5.41) is 6.50. The fourth-order valence-electron chi connectivity index (χ4n) is 2.85. The van der Waals surface area contributed by atoms with Gasteiger partial charge in [-0.25, -0.2) is 0 Å². The lowest BCUT2D eigenvalue weighted by molar-refractivity contribution is -0.124. The summed E-state index contributed by atoms with van der Waals surface area (Å²) in [5.74, 6) is 0.202. The van der Waals surface area contributed by atoms with E-state index in [1.165, 1.54) is 32.4 Å². The van der Waals surface area contributed by atoms with E-state index >= 15 is 0 Å². The van der Waals surface area contributed by atoms with Gasteiger partial charge in [0.1, 0.15) is 0 Å². The third kappa shape index (κ3) is 3.68. The molecule has 0 bridgehead atoms. The Labute approximate surface area is 104 Å².